The Morgan fingerprint density at radius 3 is 2.30 bits per heavy atom. The lowest BCUT2D eigenvalue weighted by molar-refractivity contribution is -0.121. The minimum absolute atomic E-state index is 0.0717. The van der Waals surface area contributed by atoms with Gasteiger partial charge in [-0.05, 0) is 36.2 Å². The van der Waals surface area contributed by atoms with Gasteiger partial charge in [0, 0.05) is 5.56 Å². The first-order chi connectivity index (χ1) is 12.9. The second-order valence-corrected chi connectivity index (χ2v) is 6.57. The highest BCUT2D eigenvalue weighted by Gasteiger charge is 2.41. The zero-order valence-corrected chi connectivity index (χ0v) is 15.4. The van der Waals surface area contributed by atoms with E-state index in [9.17, 15) is 14.7 Å². The molecule has 0 aliphatic carbocycles. The van der Waals surface area contributed by atoms with Gasteiger partial charge in [-0.15, -0.1) is 0 Å². The van der Waals surface area contributed by atoms with Crippen molar-refractivity contribution in [1.82, 2.24) is 0 Å². The molecule has 0 fully saturated rings. The minimum Gasteiger partial charge on any atom is -0.502 e. The molecule has 27 heavy (non-hydrogen) atoms. The number of hydrogen-bond acceptors (Lipinski definition) is 5. The van der Waals surface area contributed by atoms with Gasteiger partial charge in [0.15, 0.2) is 5.76 Å². The number of ether oxygens (including phenoxy) is 2. The maximum atomic E-state index is 12.9. The molecule has 0 aromatic heterocycles. The first kappa shape index (κ1) is 18.5. The summed E-state index contributed by atoms with van der Waals surface area (Å²) in [4.78, 5) is 26.4. The number of carbonyl (C=O) groups excluding carboxylic acids is 2. The third kappa shape index (κ3) is 3.51. The van der Waals surface area contributed by atoms with Gasteiger partial charge in [-0.25, -0.2) is 4.90 Å². The van der Waals surface area contributed by atoms with Crippen LogP contribution in [-0.2, 0) is 9.59 Å². The monoisotopic (exact) mass is 367 g/mol. The van der Waals surface area contributed by atoms with Crippen LogP contribution in [0.5, 0.6) is 11.5 Å². The fourth-order valence-corrected chi connectivity index (χ4v) is 2.80. The number of carbonyl (C=O) groups is 2. The number of anilines is 1. The highest BCUT2D eigenvalue weighted by molar-refractivity contribution is 6.45. The van der Waals surface area contributed by atoms with Crippen molar-refractivity contribution >= 4 is 23.1 Å². The summed E-state index contributed by atoms with van der Waals surface area (Å²) in [6.45, 7) is 4.66. The van der Waals surface area contributed by atoms with Gasteiger partial charge in [-0.2, -0.15) is 0 Å². The molecule has 3 rings (SSSR count). The SMILES string of the molecule is COc1ccccc1C1=C(O)C(=O)N(c2ccc(OCC(C)C)cc2)C1=O. The maximum absolute atomic E-state index is 12.9. The Morgan fingerprint density at radius 1 is 1.00 bits per heavy atom. The lowest BCUT2D eigenvalue weighted by Crippen LogP contribution is -2.31. The van der Waals surface area contributed by atoms with E-state index in [-0.39, 0.29) is 5.57 Å². The summed E-state index contributed by atoms with van der Waals surface area (Å²) in [5.41, 5.74) is 0.658. The molecule has 0 spiro atoms. The quantitative estimate of drug-likeness (QED) is 0.790. The fraction of sp³-hybridized carbons (Fsp3) is 0.238. The van der Waals surface area contributed by atoms with Gasteiger partial charge in [-0.3, -0.25) is 9.59 Å². The van der Waals surface area contributed by atoms with E-state index in [1.165, 1.54) is 7.11 Å². The number of amides is 2. The number of aliphatic hydroxyl groups is 1. The van der Waals surface area contributed by atoms with Gasteiger partial charge in [0.2, 0.25) is 0 Å². The predicted octanol–water partition coefficient (Wildman–Crippen LogP) is 3.57. The summed E-state index contributed by atoms with van der Waals surface area (Å²) in [6, 6.07) is 13.4. The van der Waals surface area contributed by atoms with Crippen molar-refractivity contribution in [2.75, 3.05) is 18.6 Å². The molecule has 2 aromatic carbocycles. The Bertz CT molecular complexity index is 899. The lowest BCUT2D eigenvalue weighted by Gasteiger charge is -2.16. The molecule has 0 saturated heterocycles. The number of benzene rings is 2. The normalized spacial score (nSPS) is 14.3. The Kier molecular flexibility index (Phi) is 5.16. The van der Waals surface area contributed by atoms with E-state index < -0.39 is 17.6 Å². The highest BCUT2D eigenvalue weighted by atomic mass is 16.5. The van der Waals surface area contributed by atoms with Crippen molar-refractivity contribution in [3.63, 3.8) is 0 Å². The fourth-order valence-electron chi connectivity index (χ4n) is 2.80. The average molecular weight is 367 g/mol. The van der Waals surface area contributed by atoms with Crippen LogP contribution in [0.3, 0.4) is 0 Å². The van der Waals surface area contributed by atoms with Crippen LogP contribution in [0, 0.1) is 5.92 Å². The number of nitrogens with zero attached hydrogens (tertiary/aromatic N) is 1. The van der Waals surface area contributed by atoms with Gasteiger partial charge < -0.3 is 14.6 Å². The second kappa shape index (κ2) is 7.53. The zero-order chi connectivity index (χ0) is 19.6. The van der Waals surface area contributed by atoms with Crippen molar-refractivity contribution in [2.24, 2.45) is 5.92 Å². The Morgan fingerprint density at radius 2 is 1.67 bits per heavy atom. The Balaban J connectivity index is 1.90. The van der Waals surface area contributed by atoms with E-state index >= 15 is 0 Å². The summed E-state index contributed by atoms with van der Waals surface area (Å²) in [5, 5.41) is 10.3. The van der Waals surface area contributed by atoms with Gasteiger partial charge in [-0.1, -0.05) is 32.0 Å². The molecule has 1 aliphatic rings. The molecule has 140 valence electrons. The minimum atomic E-state index is -0.767. The number of methoxy groups -OCH3 is 1. The van der Waals surface area contributed by atoms with Crippen molar-refractivity contribution in [1.29, 1.82) is 0 Å². The first-order valence-corrected chi connectivity index (χ1v) is 8.62. The lowest BCUT2D eigenvalue weighted by atomic mass is 10.0. The summed E-state index contributed by atoms with van der Waals surface area (Å²) >= 11 is 0. The Hall–Kier alpha value is -3.28. The van der Waals surface area contributed by atoms with Gasteiger partial charge >= 0.3 is 5.91 Å². The second-order valence-electron chi connectivity index (χ2n) is 6.57. The van der Waals surface area contributed by atoms with E-state index in [1.807, 2.05) is 13.8 Å². The van der Waals surface area contributed by atoms with E-state index in [1.54, 1.807) is 48.5 Å². The smallest absolute Gasteiger partial charge is 0.301 e. The number of aliphatic hydroxyl groups excluding tert-OH is 1. The van der Waals surface area contributed by atoms with Gasteiger partial charge in [0.05, 0.1) is 25.0 Å². The predicted molar refractivity (Wildman–Crippen MR) is 102 cm³/mol. The molecule has 0 bridgehead atoms. The first-order valence-electron chi connectivity index (χ1n) is 8.62. The Labute approximate surface area is 157 Å². The molecule has 6 heteroatoms. The average Bonchev–Trinajstić information content (AvgIpc) is 2.89. The van der Waals surface area contributed by atoms with Crippen LogP contribution in [0.15, 0.2) is 54.3 Å². The molecular formula is C21H21NO5. The van der Waals surface area contributed by atoms with Gasteiger partial charge in [0.25, 0.3) is 5.91 Å². The third-order valence-corrected chi connectivity index (χ3v) is 4.11. The number of hydrogen-bond donors (Lipinski definition) is 1. The molecular weight excluding hydrogens is 346 g/mol. The van der Waals surface area contributed by atoms with Crippen LogP contribution in [0.4, 0.5) is 5.69 Å². The number of imide groups is 1. The van der Waals surface area contributed by atoms with Crippen molar-refractivity contribution in [3.05, 3.63) is 59.9 Å². The summed E-state index contributed by atoms with van der Waals surface area (Å²) < 4.78 is 10.9. The topological polar surface area (TPSA) is 76.1 Å². The van der Waals surface area contributed by atoms with Crippen molar-refractivity contribution < 1.29 is 24.2 Å². The maximum Gasteiger partial charge on any atom is 0.301 e. The molecule has 1 N–H and O–H groups in total. The summed E-state index contributed by atoms with van der Waals surface area (Å²) in [6.07, 6.45) is 0. The van der Waals surface area contributed by atoms with Gasteiger partial charge in [0.1, 0.15) is 11.5 Å². The third-order valence-electron chi connectivity index (χ3n) is 4.11. The van der Waals surface area contributed by atoms with Crippen LogP contribution in [0.25, 0.3) is 5.57 Å². The molecule has 0 radical (unpaired) electrons. The molecule has 1 heterocycles. The molecule has 2 aromatic rings. The van der Waals surface area contributed by atoms with E-state index in [4.69, 9.17) is 9.47 Å². The van der Waals surface area contributed by atoms with Crippen LogP contribution < -0.4 is 14.4 Å². The molecule has 2 amide bonds. The molecule has 0 atom stereocenters. The largest absolute Gasteiger partial charge is 0.502 e. The summed E-state index contributed by atoms with van der Waals surface area (Å²) in [7, 11) is 1.46. The van der Waals surface area contributed by atoms with Crippen LogP contribution in [0.2, 0.25) is 0 Å². The van der Waals surface area contributed by atoms with Crippen LogP contribution >= 0.6 is 0 Å². The van der Waals surface area contributed by atoms with E-state index in [2.05, 4.69) is 0 Å². The standard InChI is InChI=1S/C21H21NO5/c1-13(2)12-27-15-10-8-14(9-11-15)22-20(24)18(19(23)21(22)25)16-6-4-5-7-17(16)26-3/h4-11,13,23H,12H2,1-3H3. The van der Waals surface area contributed by atoms with E-state index in [0.717, 1.165) is 4.90 Å². The molecule has 0 saturated carbocycles. The summed E-state index contributed by atoms with van der Waals surface area (Å²) in [5.74, 6) is -0.525. The van der Waals surface area contributed by atoms with E-state index in [0.29, 0.717) is 35.3 Å². The molecule has 1 aliphatic heterocycles. The van der Waals surface area contributed by atoms with Crippen molar-refractivity contribution in [2.45, 2.75) is 13.8 Å². The number of para-hydroxylation sites is 1. The number of rotatable bonds is 6. The van der Waals surface area contributed by atoms with Crippen LogP contribution in [0.1, 0.15) is 19.4 Å². The highest BCUT2D eigenvalue weighted by Crippen LogP contribution is 2.36. The van der Waals surface area contributed by atoms with Crippen LogP contribution in [-0.4, -0.2) is 30.6 Å². The van der Waals surface area contributed by atoms with Crippen molar-refractivity contribution in [3.8, 4) is 11.5 Å². The molecule has 0 unspecified atom stereocenters. The zero-order valence-electron chi connectivity index (χ0n) is 15.4. The molecule has 6 nitrogen and oxygen atoms in total.